The maximum atomic E-state index is 13.5. The van der Waals surface area contributed by atoms with E-state index >= 15 is 0 Å². The molecule has 0 aromatic heterocycles. The summed E-state index contributed by atoms with van der Waals surface area (Å²) >= 11 is 12.3. The Labute approximate surface area is 205 Å². The quantitative estimate of drug-likeness (QED) is 0.402. The molecule has 33 heavy (non-hydrogen) atoms. The van der Waals surface area contributed by atoms with Crippen molar-refractivity contribution in [2.24, 2.45) is 0 Å². The lowest BCUT2D eigenvalue weighted by molar-refractivity contribution is -0.141. The van der Waals surface area contributed by atoms with E-state index in [1.54, 1.807) is 17.0 Å². The molecule has 0 saturated heterocycles. The monoisotopic (exact) mass is 482 g/mol. The van der Waals surface area contributed by atoms with E-state index in [0.29, 0.717) is 35.9 Å². The lowest BCUT2D eigenvalue weighted by Crippen LogP contribution is -2.50. The van der Waals surface area contributed by atoms with E-state index in [1.165, 1.54) is 0 Å². The molecule has 1 atom stereocenters. The average molecular weight is 483 g/mol. The first-order valence-electron chi connectivity index (χ1n) is 11.1. The predicted octanol–water partition coefficient (Wildman–Crippen LogP) is 5.70. The van der Waals surface area contributed by atoms with Crippen LogP contribution in [0, 0.1) is 0 Å². The summed E-state index contributed by atoms with van der Waals surface area (Å²) in [6, 6.07) is 24.3. The van der Waals surface area contributed by atoms with Crippen molar-refractivity contribution in [1.82, 2.24) is 10.2 Å². The third-order valence-electron chi connectivity index (χ3n) is 5.43. The molecule has 3 rings (SSSR count). The van der Waals surface area contributed by atoms with Gasteiger partial charge in [-0.15, -0.1) is 0 Å². The lowest BCUT2D eigenvalue weighted by Gasteiger charge is -2.31. The second kappa shape index (κ2) is 12.4. The SMILES string of the molecule is CCNC(=O)C(Cc1ccccc1)N(Cc1ccc(Cl)c(Cl)c1)C(=O)CCc1ccccc1. The van der Waals surface area contributed by atoms with Gasteiger partial charge >= 0.3 is 0 Å². The van der Waals surface area contributed by atoms with Crippen molar-refractivity contribution in [3.05, 3.63) is 106 Å². The highest BCUT2D eigenvalue weighted by atomic mass is 35.5. The minimum atomic E-state index is -0.648. The fourth-order valence-electron chi connectivity index (χ4n) is 3.72. The van der Waals surface area contributed by atoms with Crippen molar-refractivity contribution in [2.45, 2.75) is 38.8 Å². The first-order chi connectivity index (χ1) is 16.0. The van der Waals surface area contributed by atoms with E-state index in [4.69, 9.17) is 23.2 Å². The van der Waals surface area contributed by atoms with Crippen LogP contribution in [0.5, 0.6) is 0 Å². The smallest absolute Gasteiger partial charge is 0.243 e. The second-order valence-corrected chi connectivity index (χ2v) is 8.67. The van der Waals surface area contributed by atoms with Crippen LogP contribution in [0.4, 0.5) is 0 Å². The van der Waals surface area contributed by atoms with Crippen LogP contribution >= 0.6 is 23.2 Å². The molecule has 0 bridgehead atoms. The number of nitrogens with zero attached hydrogens (tertiary/aromatic N) is 1. The summed E-state index contributed by atoms with van der Waals surface area (Å²) in [6.45, 7) is 2.63. The molecule has 4 nitrogen and oxygen atoms in total. The number of carbonyl (C=O) groups excluding carboxylic acids is 2. The molecule has 6 heteroatoms. The first-order valence-corrected chi connectivity index (χ1v) is 11.8. The van der Waals surface area contributed by atoms with Crippen LogP contribution in [0.15, 0.2) is 78.9 Å². The molecular weight excluding hydrogens is 455 g/mol. The molecule has 0 aliphatic heterocycles. The van der Waals surface area contributed by atoms with E-state index in [2.05, 4.69) is 5.32 Å². The Bertz CT molecular complexity index is 1060. The van der Waals surface area contributed by atoms with Crippen molar-refractivity contribution < 1.29 is 9.59 Å². The minimum Gasteiger partial charge on any atom is -0.355 e. The average Bonchev–Trinajstić information content (AvgIpc) is 2.83. The van der Waals surface area contributed by atoms with Gasteiger partial charge in [0.1, 0.15) is 6.04 Å². The van der Waals surface area contributed by atoms with E-state index in [-0.39, 0.29) is 18.4 Å². The molecule has 0 fully saturated rings. The van der Waals surface area contributed by atoms with Gasteiger partial charge in [0, 0.05) is 25.9 Å². The maximum Gasteiger partial charge on any atom is 0.243 e. The Morgan fingerprint density at radius 1 is 0.848 bits per heavy atom. The van der Waals surface area contributed by atoms with Gasteiger partial charge < -0.3 is 10.2 Å². The molecule has 0 heterocycles. The molecule has 2 amide bonds. The summed E-state index contributed by atoms with van der Waals surface area (Å²) in [7, 11) is 0. The van der Waals surface area contributed by atoms with Gasteiger partial charge in [-0.3, -0.25) is 9.59 Å². The number of halogens is 2. The Morgan fingerprint density at radius 3 is 2.09 bits per heavy atom. The number of carbonyl (C=O) groups is 2. The van der Waals surface area contributed by atoms with Crippen LogP contribution in [0.1, 0.15) is 30.0 Å². The van der Waals surface area contributed by atoms with E-state index in [0.717, 1.165) is 16.7 Å². The first kappa shape index (κ1) is 24.8. The molecule has 0 aliphatic carbocycles. The third kappa shape index (κ3) is 7.34. The largest absolute Gasteiger partial charge is 0.355 e. The summed E-state index contributed by atoms with van der Waals surface area (Å²) in [6.07, 6.45) is 1.33. The highest BCUT2D eigenvalue weighted by Gasteiger charge is 2.30. The highest BCUT2D eigenvalue weighted by Crippen LogP contribution is 2.24. The van der Waals surface area contributed by atoms with Gasteiger partial charge in [0.2, 0.25) is 11.8 Å². The van der Waals surface area contributed by atoms with Crippen molar-refractivity contribution in [3.8, 4) is 0 Å². The van der Waals surface area contributed by atoms with Crippen molar-refractivity contribution >= 4 is 35.0 Å². The van der Waals surface area contributed by atoms with Crippen LogP contribution in [-0.4, -0.2) is 29.3 Å². The predicted molar refractivity (Wildman–Crippen MR) is 134 cm³/mol. The normalized spacial score (nSPS) is 11.6. The molecule has 0 saturated carbocycles. The molecule has 172 valence electrons. The van der Waals surface area contributed by atoms with Crippen molar-refractivity contribution in [2.75, 3.05) is 6.54 Å². The van der Waals surface area contributed by atoms with E-state index in [9.17, 15) is 9.59 Å². The number of hydrogen-bond acceptors (Lipinski definition) is 2. The van der Waals surface area contributed by atoms with Gasteiger partial charge in [0.05, 0.1) is 10.0 Å². The standard InChI is InChI=1S/C27H28Cl2N2O2/c1-2-30-27(33)25(18-21-11-7-4-8-12-21)31(19-22-13-15-23(28)24(29)17-22)26(32)16-14-20-9-5-3-6-10-20/h3-13,15,17,25H,2,14,16,18-19H2,1H3,(H,30,33). The highest BCUT2D eigenvalue weighted by molar-refractivity contribution is 6.42. The topological polar surface area (TPSA) is 49.4 Å². The van der Waals surface area contributed by atoms with Gasteiger partial charge in [0.25, 0.3) is 0 Å². The Kier molecular flexibility index (Phi) is 9.35. The fraction of sp³-hybridized carbons (Fsp3) is 0.259. The Balaban J connectivity index is 1.90. The van der Waals surface area contributed by atoms with Crippen molar-refractivity contribution in [1.29, 1.82) is 0 Å². The Morgan fingerprint density at radius 2 is 1.48 bits per heavy atom. The summed E-state index contributed by atoms with van der Waals surface area (Å²) in [5.74, 6) is -0.258. The zero-order valence-electron chi connectivity index (χ0n) is 18.6. The molecule has 0 radical (unpaired) electrons. The van der Waals surface area contributed by atoms with Gasteiger partial charge in [-0.05, 0) is 42.2 Å². The minimum absolute atomic E-state index is 0.0860. The molecule has 3 aromatic carbocycles. The molecule has 0 spiro atoms. The van der Waals surface area contributed by atoms with Gasteiger partial charge in [-0.1, -0.05) is 89.9 Å². The summed E-state index contributed by atoms with van der Waals surface area (Å²) in [5, 5.41) is 3.77. The van der Waals surface area contributed by atoms with Crippen LogP contribution in [0.25, 0.3) is 0 Å². The molecule has 3 aromatic rings. The Hall–Kier alpha value is -2.82. The number of hydrogen-bond donors (Lipinski definition) is 1. The lowest BCUT2D eigenvalue weighted by atomic mass is 10.0. The van der Waals surface area contributed by atoms with Crippen LogP contribution < -0.4 is 5.32 Å². The van der Waals surface area contributed by atoms with Gasteiger partial charge in [0.15, 0.2) is 0 Å². The summed E-state index contributed by atoms with van der Waals surface area (Å²) in [5.41, 5.74) is 2.89. The zero-order valence-corrected chi connectivity index (χ0v) is 20.1. The fourth-order valence-corrected chi connectivity index (χ4v) is 4.04. The number of likely N-dealkylation sites (N-methyl/N-ethyl adjacent to an activating group) is 1. The molecule has 1 unspecified atom stereocenters. The van der Waals surface area contributed by atoms with Crippen LogP contribution in [-0.2, 0) is 29.0 Å². The molecular formula is C27H28Cl2N2O2. The van der Waals surface area contributed by atoms with E-state index in [1.807, 2.05) is 73.7 Å². The maximum absolute atomic E-state index is 13.5. The number of nitrogens with one attached hydrogen (secondary N) is 1. The van der Waals surface area contributed by atoms with Crippen molar-refractivity contribution in [3.63, 3.8) is 0 Å². The molecule has 1 N–H and O–H groups in total. The number of rotatable bonds is 10. The number of amides is 2. The second-order valence-electron chi connectivity index (χ2n) is 7.86. The van der Waals surface area contributed by atoms with Gasteiger partial charge in [-0.25, -0.2) is 0 Å². The van der Waals surface area contributed by atoms with E-state index < -0.39 is 6.04 Å². The number of benzene rings is 3. The summed E-state index contributed by atoms with van der Waals surface area (Å²) < 4.78 is 0. The van der Waals surface area contributed by atoms with Gasteiger partial charge in [-0.2, -0.15) is 0 Å². The summed E-state index contributed by atoms with van der Waals surface area (Å²) in [4.78, 5) is 28.3. The number of aryl methyl sites for hydroxylation is 1. The zero-order chi connectivity index (χ0) is 23.6. The third-order valence-corrected chi connectivity index (χ3v) is 6.17. The van der Waals surface area contributed by atoms with Crippen LogP contribution in [0.2, 0.25) is 10.0 Å². The van der Waals surface area contributed by atoms with Crippen LogP contribution in [0.3, 0.4) is 0 Å². The molecule has 0 aliphatic rings.